The average Bonchev–Trinajstić information content (AvgIpc) is 2.17. The minimum absolute atomic E-state index is 0.101. The Kier molecular flexibility index (Phi) is 9.44. The van der Waals surface area contributed by atoms with Crippen LogP contribution in [0.5, 0.6) is 0 Å². The molecule has 15 heavy (non-hydrogen) atoms. The van der Waals surface area contributed by atoms with Gasteiger partial charge in [-0.2, -0.15) is 0 Å². The van der Waals surface area contributed by atoms with Crippen LogP contribution in [0.1, 0.15) is 20.3 Å². The maximum atomic E-state index is 11.3. The SMILES string of the molecule is C#CCSCCNC(=O)CCNC(C)C. The van der Waals surface area contributed by atoms with Gasteiger partial charge in [-0.05, 0) is 0 Å². The van der Waals surface area contributed by atoms with Gasteiger partial charge in [-0.3, -0.25) is 4.79 Å². The normalized spacial score (nSPS) is 10.0. The Morgan fingerprint density at radius 3 is 2.80 bits per heavy atom. The van der Waals surface area contributed by atoms with Crippen LogP contribution in [0.25, 0.3) is 0 Å². The van der Waals surface area contributed by atoms with Crippen LogP contribution < -0.4 is 10.6 Å². The Balaban J connectivity index is 3.23. The lowest BCUT2D eigenvalue weighted by Crippen LogP contribution is -2.31. The van der Waals surface area contributed by atoms with Crippen LogP contribution in [0.15, 0.2) is 0 Å². The number of amides is 1. The Hall–Kier alpha value is -0.660. The van der Waals surface area contributed by atoms with Crippen molar-refractivity contribution < 1.29 is 4.79 Å². The second kappa shape index (κ2) is 9.88. The quantitative estimate of drug-likeness (QED) is 0.478. The first-order valence-corrected chi connectivity index (χ1v) is 6.33. The molecule has 0 aromatic carbocycles. The molecular formula is C11H20N2OS. The molecule has 0 spiro atoms. The van der Waals surface area contributed by atoms with Gasteiger partial charge in [0.15, 0.2) is 0 Å². The fraction of sp³-hybridized carbons (Fsp3) is 0.727. The van der Waals surface area contributed by atoms with Crippen LogP contribution in [0, 0.1) is 12.3 Å². The fourth-order valence-corrected chi connectivity index (χ4v) is 1.47. The molecule has 0 fully saturated rings. The van der Waals surface area contributed by atoms with E-state index in [9.17, 15) is 4.79 Å². The maximum Gasteiger partial charge on any atom is 0.221 e. The van der Waals surface area contributed by atoms with E-state index in [0.717, 1.165) is 12.3 Å². The van der Waals surface area contributed by atoms with Gasteiger partial charge < -0.3 is 10.6 Å². The molecule has 1 amide bonds. The van der Waals surface area contributed by atoms with Gasteiger partial charge in [-0.25, -0.2) is 0 Å². The summed E-state index contributed by atoms with van der Waals surface area (Å²) in [4.78, 5) is 11.3. The monoisotopic (exact) mass is 228 g/mol. The first kappa shape index (κ1) is 14.3. The van der Waals surface area contributed by atoms with Crippen molar-refractivity contribution in [2.45, 2.75) is 26.3 Å². The van der Waals surface area contributed by atoms with Crippen LogP contribution in [0.3, 0.4) is 0 Å². The number of nitrogens with one attached hydrogen (secondary N) is 2. The minimum Gasteiger partial charge on any atom is -0.355 e. The molecule has 0 radical (unpaired) electrons. The molecular weight excluding hydrogens is 208 g/mol. The lowest BCUT2D eigenvalue weighted by molar-refractivity contribution is -0.120. The largest absolute Gasteiger partial charge is 0.355 e. The number of hydrogen-bond acceptors (Lipinski definition) is 3. The highest BCUT2D eigenvalue weighted by Gasteiger charge is 2.00. The molecule has 0 aromatic heterocycles. The molecule has 0 rings (SSSR count). The highest BCUT2D eigenvalue weighted by molar-refractivity contribution is 7.99. The Labute approximate surface area is 96.8 Å². The number of hydrogen-bond donors (Lipinski definition) is 2. The first-order chi connectivity index (χ1) is 7.16. The van der Waals surface area contributed by atoms with Gasteiger partial charge in [0, 0.05) is 31.3 Å². The minimum atomic E-state index is 0.101. The first-order valence-electron chi connectivity index (χ1n) is 5.18. The van der Waals surface area contributed by atoms with Crippen molar-refractivity contribution in [1.82, 2.24) is 10.6 Å². The van der Waals surface area contributed by atoms with Crippen molar-refractivity contribution >= 4 is 17.7 Å². The van der Waals surface area contributed by atoms with E-state index in [1.165, 1.54) is 0 Å². The molecule has 3 nitrogen and oxygen atoms in total. The lowest BCUT2D eigenvalue weighted by atomic mass is 10.3. The van der Waals surface area contributed by atoms with Gasteiger partial charge in [-0.1, -0.05) is 19.8 Å². The van der Waals surface area contributed by atoms with E-state index in [2.05, 4.69) is 30.4 Å². The van der Waals surface area contributed by atoms with Gasteiger partial charge in [0.25, 0.3) is 0 Å². The molecule has 0 aliphatic rings. The predicted octanol–water partition coefficient (Wildman–Crippen LogP) is 0.857. The summed E-state index contributed by atoms with van der Waals surface area (Å²) in [6.07, 6.45) is 5.64. The van der Waals surface area contributed by atoms with Crippen molar-refractivity contribution in [2.75, 3.05) is 24.6 Å². The summed E-state index contributed by atoms with van der Waals surface area (Å²) in [6, 6.07) is 0.434. The zero-order chi connectivity index (χ0) is 11.5. The van der Waals surface area contributed by atoms with Gasteiger partial charge in [0.1, 0.15) is 0 Å². The molecule has 0 aliphatic heterocycles. The summed E-state index contributed by atoms with van der Waals surface area (Å²) in [5, 5.41) is 6.04. The van der Waals surface area contributed by atoms with E-state index >= 15 is 0 Å². The topological polar surface area (TPSA) is 41.1 Å². The molecule has 0 aliphatic carbocycles. The molecule has 0 saturated heterocycles. The van der Waals surface area contributed by atoms with Crippen LogP contribution in [-0.4, -0.2) is 36.5 Å². The molecule has 0 bridgehead atoms. The van der Waals surface area contributed by atoms with E-state index in [1.807, 2.05) is 0 Å². The van der Waals surface area contributed by atoms with Crippen molar-refractivity contribution in [2.24, 2.45) is 0 Å². The average molecular weight is 228 g/mol. The Morgan fingerprint density at radius 1 is 1.47 bits per heavy atom. The Morgan fingerprint density at radius 2 is 2.20 bits per heavy atom. The number of terminal acetylenes is 1. The van der Waals surface area contributed by atoms with Crippen molar-refractivity contribution in [3.8, 4) is 12.3 Å². The highest BCUT2D eigenvalue weighted by atomic mass is 32.2. The summed E-state index contributed by atoms with van der Waals surface area (Å²) < 4.78 is 0. The van der Waals surface area contributed by atoms with E-state index < -0.39 is 0 Å². The number of thioether (sulfide) groups is 1. The smallest absolute Gasteiger partial charge is 0.221 e. The predicted molar refractivity (Wildman–Crippen MR) is 66.9 cm³/mol. The molecule has 4 heteroatoms. The molecule has 0 unspecified atom stereocenters. The number of carbonyl (C=O) groups is 1. The standard InChI is InChI=1S/C11H20N2OS/c1-4-8-15-9-7-13-11(14)5-6-12-10(2)3/h1,10,12H,5-9H2,2-3H3,(H,13,14). The number of rotatable bonds is 8. The Bertz CT molecular complexity index is 211. The zero-order valence-corrected chi connectivity index (χ0v) is 10.3. The molecule has 2 N–H and O–H groups in total. The van der Waals surface area contributed by atoms with E-state index in [1.54, 1.807) is 11.8 Å². The van der Waals surface area contributed by atoms with Crippen molar-refractivity contribution in [3.63, 3.8) is 0 Å². The summed E-state index contributed by atoms with van der Waals surface area (Å²) in [6.45, 7) is 5.57. The molecule has 0 atom stereocenters. The van der Waals surface area contributed by atoms with Crippen molar-refractivity contribution in [1.29, 1.82) is 0 Å². The van der Waals surface area contributed by atoms with Crippen LogP contribution in [0.2, 0.25) is 0 Å². The molecule has 0 saturated carbocycles. The molecule has 86 valence electrons. The summed E-state index contributed by atoms with van der Waals surface area (Å²) in [5.41, 5.74) is 0. The van der Waals surface area contributed by atoms with E-state index in [4.69, 9.17) is 6.42 Å². The van der Waals surface area contributed by atoms with Crippen LogP contribution in [-0.2, 0) is 4.79 Å². The third kappa shape index (κ3) is 11.3. The zero-order valence-electron chi connectivity index (χ0n) is 9.51. The van der Waals surface area contributed by atoms with Crippen LogP contribution >= 0.6 is 11.8 Å². The third-order valence-electron chi connectivity index (χ3n) is 1.66. The van der Waals surface area contributed by atoms with Crippen LogP contribution in [0.4, 0.5) is 0 Å². The van der Waals surface area contributed by atoms with Gasteiger partial charge in [-0.15, -0.1) is 18.2 Å². The summed E-state index contributed by atoms with van der Waals surface area (Å²) >= 11 is 1.66. The highest BCUT2D eigenvalue weighted by Crippen LogP contribution is 1.95. The summed E-state index contributed by atoms with van der Waals surface area (Å²) in [5.74, 6) is 4.24. The third-order valence-corrected chi connectivity index (χ3v) is 2.52. The second-order valence-electron chi connectivity index (χ2n) is 3.47. The maximum absolute atomic E-state index is 11.3. The number of carbonyl (C=O) groups excluding carboxylic acids is 1. The molecule has 0 heterocycles. The van der Waals surface area contributed by atoms with Gasteiger partial charge in [0.2, 0.25) is 5.91 Å². The van der Waals surface area contributed by atoms with E-state index in [-0.39, 0.29) is 5.91 Å². The second-order valence-corrected chi connectivity index (χ2v) is 4.57. The van der Waals surface area contributed by atoms with E-state index in [0.29, 0.717) is 24.8 Å². The van der Waals surface area contributed by atoms with Gasteiger partial charge >= 0.3 is 0 Å². The molecule has 0 aromatic rings. The van der Waals surface area contributed by atoms with Crippen molar-refractivity contribution in [3.05, 3.63) is 0 Å². The van der Waals surface area contributed by atoms with Gasteiger partial charge in [0.05, 0.1) is 5.75 Å². The fourth-order valence-electron chi connectivity index (χ4n) is 0.956. The lowest BCUT2D eigenvalue weighted by Gasteiger charge is -2.08. The summed E-state index contributed by atoms with van der Waals surface area (Å²) in [7, 11) is 0.